The second-order valence-corrected chi connectivity index (χ2v) is 6.22. The lowest BCUT2D eigenvalue weighted by molar-refractivity contribution is -0.161. The number of aliphatic hydroxyl groups excluding tert-OH is 1. The third kappa shape index (κ3) is 2.26. The molecule has 0 radical (unpaired) electrons. The Labute approximate surface area is 115 Å². The van der Waals surface area contributed by atoms with Crippen LogP contribution in [0.4, 0.5) is 0 Å². The molecule has 2 heterocycles. The van der Waals surface area contributed by atoms with Gasteiger partial charge in [-0.05, 0) is 13.3 Å². The lowest BCUT2D eigenvalue weighted by atomic mass is 9.83. The van der Waals surface area contributed by atoms with Gasteiger partial charge in [-0.1, -0.05) is 6.92 Å². The highest BCUT2D eigenvalue weighted by atomic mass is 32.2. The molecule has 1 saturated heterocycles. The number of aliphatic hydroxyl groups is 1. The second kappa shape index (κ2) is 5.15. The largest absolute Gasteiger partial charge is 0.477 e. The topological polar surface area (TPSA) is 104 Å². The van der Waals surface area contributed by atoms with Gasteiger partial charge in [0.15, 0.2) is 0 Å². The molecular weight excluding hydrogens is 268 g/mol. The highest BCUT2D eigenvalue weighted by Gasteiger charge is 2.56. The molecule has 0 spiro atoms. The quantitative estimate of drug-likeness (QED) is 0.497. The Morgan fingerprint density at radius 3 is 2.74 bits per heavy atom. The fraction of sp³-hybridized carbons (Fsp3) is 0.667. The minimum absolute atomic E-state index is 0.0424. The Balaban J connectivity index is 2.24. The zero-order valence-electron chi connectivity index (χ0n) is 10.9. The summed E-state index contributed by atoms with van der Waals surface area (Å²) in [5, 5.41) is 18.7. The number of amides is 1. The fourth-order valence-corrected chi connectivity index (χ4v) is 3.70. The summed E-state index contributed by atoms with van der Waals surface area (Å²) in [6.07, 6.45) is 0.439. The number of carbonyl (C=O) groups is 2. The molecule has 0 saturated carbocycles. The van der Waals surface area contributed by atoms with Crippen LogP contribution in [0.5, 0.6) is 0 Å². The Morgan fingerprint density at radius 2 is 2.26 bits per heavy atom. The van der Waals surface area contributed by atoms with Crippen LogP contribution in [0.2, 0.25) is 0 Å². The minimum Gasteiger partial charge on any atom is -0.477 e. The number of thioether (sulfide) groups is 1. The van der Waals surface area contributed by atoms with Gasteiger partial charge in [-0.2, -0.15) is 0 Å². The molecule has 0 unspecified atom stereocenters. The number of rotatable bonds is 5. The van der Waals surface area contributed by atoms with Gasteiger partial charge in [-0.3, -0.25) is 4.79 Å². The van der Waals surface area contributed by atoms with E-state index in [1.807, 2.05) is 6.92 Å². The van der Waals surface area contributed by atoms with E-state index in [0.29, 0.717) is 11.3 Å². The van der Waals surface area contributed by atoms with Crippen LogP contribution < -0.4 is 5.73 Å². The first kappa shape index (κ1) is 14.4. The molecule has 0 aromatic rings. The summed E-state index contributed by atoms with van der Waals surface area (Å²) in [7, 11) is 0. The van der Waals surface area contributed by atoms with Crippen molar-refractivity contribution in [3.8, 4) is 0 Å². The molecule has 2 rings (SSSR count). The van der Waals surface area contributed by atoms with Crippen molar-refractivity contribution in [2.75, 3.05) is 0 Å². The first-order valence-corrected chi connectivity index (χ1v) is 7.16. The van der Waals surface area contributed by atoms with E-state index in [-0.39, 0.29) is 23.0 Å². The molecule has 0 aromatic carbocycles. The molecule has 1 amide bonds. The van der Waals surface area contributed by atoms with Gasteiger partial charge in [0, 0.05) is 11.3 Å². The second-order valence-electron chi connectivity index (χ2n) is 4.89. The number of fused-ring (bicyclic) bond motifs is 1. The van der Waals surface area contributed by atoms with Crippen molar-refractivity contribution in [2.24, 2.45) is 11.7 Å². The molecule has 4 atom stereocenters. The minimum atomic E-state index is -1.11. The normalized spacial score (nSPS) is 29.1. The molecule has 0 bridgehead atoms. The van der Waals surface area contributed by atoms with E-state index in [1.165, 1.54) is 16.7 Å². The molecule has 0 aromatic heterocycles. The van der Waals surface area contributed by atoms with Crippen molar-refractivity contribution in [2.45, 2.75) is 44.2 Å². The molecule has 7 heteroatoms. The van der Waals surface area contributed by atoms with Gasteiger partial charge in [0.25, 0.3) is 0 Å². The average molecular weight is 286 g/mol. The lowest BCUT2D eigenvalue weighted by Gasteiger charge is -2.44. The van der Waals surface area contributed by atoms with E-state index in [0.717, 1.165) is 6.42 Å². The number of carboxylic acid groups (broad SMARTS) is 1. The highest BCUT2D eigenvalue weighted by molar-refractivity contribution is 8.03. The van der Waals surface area contributed by atoms with Crippen LogP contribution in [0, 0.1) is 5.92 Å². The summed E-state index contributed by atoms with van der Waals surface area (Å²) < 4.78 is 0. The number of aliphatic carboxylic acids is 1. The number of nitrogens with two attached hydrogens (primary N) is 1. The highest BCUT2D eigenvalue weighted by Crippen LogP contribution is 2.47. The van der Waals surface area contributed by atoms with Crippen molar-refractivity contribution in [1.29, 1.82) is 0 Å². The van der Waals surface area contributed by atoms with Gasteiger partial charge in [0.1, 0.15) is 5.70 Å². The summed E-state index contributed by atoms with van der Waals surface area (Å²) in [4.78, 5) is 25.2. The predicted molar refractivity (Wildman–Crippen MR) is 70.9 cm³/mol. The van der Waals surface area contributed by atoms with Crippen molar-refractivity contribution in [3.05, 3.63) is 10.6 Å². The third-order valence-corrected chi connectivity index (χ3v) is 4.87. The fourth-order valence-electron chi connectivity index (χ4n) is 2.60. The Hall–Kier alpha value is -1.05. The predicted octanol–water partition coefficient (Wildman–Crippen LogP) is 0.322. The van der Waals surface area contributed by atoms with Crippen LogP contribution in [0.15, 0.2) is 10.6 Å². The molecule has 4 N–H and O–H groups in total. The summed E-state index contributed by atoms with van der Waals surface area (Å²) in [5.74, 6) is -1.91. The number of hydrogen-bond donors (Lipinski definition) is 3. The molecule has 106 valence electrons. The number of nitrogens with zero attached hydrogens (tertiary/aromatic N) is 1. The maximum Gasteiger partial charge on any atom is 0.353 e. The van der Waals surface area contributed by atoms with Crippen LogP contribution in [-0.2, 0) is 9.59 Å². The summed E-state index contributed by atoms with van der Waals surface area (Å²) in [6.45, 7) is 3.48. The molecule has 1 fully saturated rings. The zero-order valence-corrected chi connectivity index (χ0v) is 11.7. The monoisotopic (exact) mass is 286 g/mol. The molecular formula is C12H18N2O4S. The molecule has 19 heavy (non-hydrogen) atoms. The molecule has 2 aliphatic heterocycles. The van der Waals surface area contributed by atoms with E-state index in [1.54, 1.807) is 6.92 Å². The van der Waals surface area contributed by atoms with Crippen LogP contribution in [-0.4, -0.2) is 44.5 Å². The smallest absolute Gasteiger partial charge is 0.353 e. The van der Waals surface area contributed by atoms with Crippen LogP contribution >= 0.6 is 11.8 Å². The Kier molecular flexibility index (Phi) is 3.89. The van der Waals surface area contributed by atoms with E-state index in [2.05, 4.69) is 0 Å². The van der Waals surface area contributed by atoms with Crippen molar-refractivity contribution in [3.63, 3.8) is 0 Å². The van der Waals surface area contributed by atoms with Crippen molar-refractivity contribution >= 4 is 23.6 Å². The average Bonchev–Trinajstić information content (AvgIpc) is 2.63. The van der Waals surface area contributed by atoms with Gasteiger partial charge < -0.3 is 20.8 Å². The summed E-state index contributed by atoms with van der Waals surface area (Å²) in [6, 6.07) is -0.231. The van der Waals surface area contributed by atoms with Gasteiger partial charge >= 0.3 is 5.97 Å². The van der Waals surface area contributed by atoms with Gasteiger partial charge in [-0.25, -0.2) is 4.79 Å². The maximum atomic E-state index is 11.9. The van der Waals surface area contributed by atoms with Crippen LogP contribution in [0.3, 0.4) is 0 Å². The van der Waals surface area contributed by atoms with Gasteiger partial charge in [-0.15, -0.1) is 11.8 Å². The molecule has 0 aliphatic carbocycles. The number of β-lactam (4-membered cyclic amide) rings is 1. The zero-order chi connectivity index (χ0) is 14.3. The maximum absolute atomic E-state index is 11.9. The number of carbonyl (C=O) groups excluding carboxylic acids is 1. The lowest BCUT2D eigenvalue weighted by Crippen LogP contribution is -2.61. The summed E-state index contributed by atoms with van der Waals surface area (Å²) in [5.41, 5.74) is 5.88. The first-order chi connectivity index (χ1) is 8.88. The molecule has 6 nitrogen and oxygen atoms in total. The van der Waals surface area contributed by atoms with Crippen LogP contribution in [0.1, 0.15) is 26.7 Å². The third-order valence-electron chi connectivity index (χ3n) is 3.59. The van der Waals surface area contributed by atoms with E-state index in [4.69, 9.17) is 5.73 Å². The van der Waals surface area contributed by atoms with Gasteiger partial charge in [0.2, 0.25) is 5.91 Å². The van der Waals surface area contributed by atoms with E-state index < -0.39 is 18.0 Å². The van der Waals surface area contributed by atoms with E-state index in [9.17, 15) is 19.8 Å². The summed E-state index contributed by atoms with van der Waals surface area (Å²) >= 11 is 1.31. The van der Waals surface area contributed by atoms with E-state index >= 15 is 0 Å². The number of hydrogen-bond acceptors (Lipinski definition) is 5. The van der Waals surface area contributed by atoms with Crippen molar-refractivity contribution in [1.82, 2.24) is 4.90 Å². The Bertz CT molecular complexity index is 449. The molecule has 2 aliphatic rings. The van der Waals surface area contributed by atoms with Crippen LogP contribution in [0.25, 0.3) is 0 Å². The standard InChI is InChI=1S/C12H18N2O4S/c1-3-8(13)19-7-4-6-9(5(2)15)11(16)14(6)10(7)12(17)18/h5-6,8-9,15H,3-4,13H2,1-2H3,(H,17,18)/t5-,6-,8+,9-/m1/s1. The van der Waals surface area contributed by atoms with Crippen molar-refractivity contribution < 1.29 is 19.8 Å². The SMILES string of the molecule is CC[C@@H](N)SC1=C(C(=O)O)N2C(=O)[C@H]([C@@H](C)O)[C@H]2C1. The van der Waals surface area contributed by atoms with Gasteiger partial charge in [0.05, 0.1) is 23.4 Å². The first-order valence-electron chi connectivity index (χ1n) is 6.28. The Morgan fingerprint density at radius 1 is 1.63 bits per heavy atom. The number of carboxylic acids is 1.